The quantitative estimate of drug-likeness (QED) is 0.319. The second-order valence-electron chi connectivity index (χ2n) is 10.7. The fourth-order valence-corrected chi connectivity index (χ4v) is 5.76. The summed E-state index contributed by atoms with van der Waals surface area (Å²) in [6.45, 7) is 3.13. The fourth-order valence-electron chi connectivity index (χ4n) is 5.76. The van der Waals surface area contributed by atoms with Crippen LogP contribution in [0.15, 0.2) is 48.9 Å². The minimum absolute atomic E-state index is 0.0597. The molecule has 0 radical (unpaired) electrons. The number of aromatic nitrogens is 4. The van der Waals surface area contributed by atoms with Gasteiger partial charge in [-0.05, 0) is 48.4 Å². The van der Waals surface area contributed by atoms with Gasteiger partial charge in [0, 0.05) is 37.2 Å². The number of nitrogens with two attached hydrogens (primary N) is 1. The molecule has 0 spiro atoms. The van der Waals surface area contributed by atoms with E-state index in [-0.39, 0.29) is 41.0 Å². The Kier molecular flexibility index (Phi) is 7.35. The summed E-state index contributed by atoms with van der Waals surface area (Å²) < 4.78 is 43.1. The van der Waals surface area contributed by atoms with Crippen LogP contribution in [0.3, 0.4) is 0 Å². The maximum absolute atomic E-state index is 15.2. The number of aliphatic hydroxyl groups excluding tert-OH is 1. The number of benzene rings is 1. The molecule has 1 aromatic carbocycles. The van der Waals surface area contributed by atoms with E-state index in [1.54, 1.807) is 30.7 Å². The molecule has 6 rings (SSSR count). The first kappa shape index (κ1) is 26.5. The molecule has 4 aromatic rings. The topological polar surface area (TPSA) is 120 Å². The van der Waals surface area contributed by atoms with Gasteiger partial charge in [-0.1, -0.05) is 6.92 Å². The lowest BCUT2D eigenvalue weighted by Crippen LogP contribution is -2.44. The highest BCUT2D eigenvalue weighted by Crippen LogP contribution is 2.39. The molecule has 2 aliphatic rings. The molecule has 4 atom stereocenters. The van der Waals surface area contributed by atoms with Crippen LogP contribution in [0.1, 0.15) is 44.1 Å². The van der Waals surface area contributed by atoms with Crippen molar-refractivity contribution in [3.05, 3.63) is 66.1 Å². The molecule has 4 unspecified atom stereocenters. The monoisotopic (exact) mass is 550 g/mol. The molecule has 4 N–H and O–H groups in total. The third-order valence-corrected chi connectivity index (χ3v) is 7.90. The van der Waals surface area contributed by atoms with Gasteiger partial charge in [0.15, 0.2) is 0 Å². The zero-order valence-electron chi connectivity index (χ0n) is 22.1. The molecule has 1 saturated heterocycles. The Hall–Kier alpha value is -3.67. The van der Waals surface area contributed by atoms with Crippen LogP contribution in [-0.4, -0.2) is 56.2 Å². The van der Waals surface area contributed by atoms with Crippen LogP contribution in [0.5, 0.6) is 5.75 Å². The molecule has 9 nitrogen and oxygen atoms in total. The van der Waals surface area contributed by atoms with E-state index in [0.717, 1.165) is 17.7 Å². The van der Waals surface area contributed by atoms with Crippen molar-refractivity contribution in [3.63, 3.8) is 0 Å². The summed E-state index contributed by atoms with van der Waals surface area (Å²) in [6.07, 6.45) is 7.16. The second kappa shape index (κ2) is 11.1. The van der Waals surface area contributed by atoms with Gasteiger partial charge in [0.25, 0.3) is 0 Å². The molecule has 0 amide bonds. The molecule has 1 aliphatic heterocycles. The van der Waals surface area contributed by atoms with Gasteiger partial charge in [-0.15, -0.1) is 0 Å². The van der Waals surface area contributed by atoms with Crippen molar-refractivity contribution in [1.82, 2.24) is 19.6 Å². The Morgan fingerprint density at radius 1 is 1.10 bits per heavy atom. The van der Waals surface area contributed by atoms with Crippen LogP contribution in [0.2, 0.25) is 0 Å². The SMILES string of the molecule is CC1CC(c2ccncc2Nc2ncc3ccc(-c4c(F)cc(OC5CCOCC5)cc4F)nn23)CC(N)C1O. The number of pyridine rings is 1. The number of aliphatic hydroxyl groups is 1. The van der Waals surface area contributed by atoms with E-state index in [4.69, 9.17) is 15.2 Å². The van der Waals surface area contributed by atoms with Gasteiger partial charge >= 0.3 is 0 Å². The van der Waals surface area contributed by atoms with Gasteiger partial charge in [0.05, 0.1) is 54.2 Å². The smallest absolute Gasteiger partial charge is 0.229 e. The van der Waals surface area contributed by atoms with Crippen molar-refractivity contribution in [3.8, 4) is 17.0 Å². The molecular formula is C29H32F2N6O3. The molecule has 1 saturated carbocycles. The molecule has 4 heterocycles. The third kappa shape index (κ3) is 5.24. The maximum Gasteiger partial charge on any atom is 0.229 e. The molecule has 1 aliphatic carbocycles. The minimum Gasteiger partial charge on any atom is -0.490 e. The molecule has 2 fully saturated rings. The number of halogens is 2. The fraction of sp³-hybridized carbons (Fsp3) is 0.414. The van der Waals surface area contributed by atoms with E-state index >= 15 is 8.78 Å². The minimum atomic E-state index is -0.761. The van der Waals surface area contributed by atoms with E-state index in [0.29, 0.717) is 43.9 Å². The number of nitrogens with zero attached hydrogens (tertiary/aromatic N) is 4. The lowest BCUT2D eigenvalue weighted by molar-refractivity contribution is 0.0253. The lowest BCUT2D eigenvalue weighted by atomic mass is 9.74. The van der Waals surface area contributed by atoms with Crippen molar-refractivity contribution >= 4 is 17.2 Å². The number of fused-ring (bicyclic) bond motifs is 1. The van der Waals surface area contributed by atoms with Crippen LogP contribution in [0, 0.1) is 17.6 Å². The number of anilines is 2. The Bertz CT molecular complexity index is 1470. The second-order valence-corrected chi connectivity index (χ2v) is 10.7. The van der Waals surface area contributed by atoms with Crippen LogP contribution >= 0.6 is 0 Å². The predicted molar refractivity (Wildman–Crippen MR) is 145 cm³/mol. The van der Waals surface area contributed by atoms with Crippen LogP contribution in [0.25, 0.3) is 16.8 Å². The predicted octanol–water partition coefficient (Wildman–Crippen LogP) is 4.57. The first-order valence-electron chi connectivity index (χ1n) is 13.6. The van der Waals surface area contributed by atoms with E-state index in [1.165, 1.54) is 16.6 Å². The third-order valence-electron chi connectivity index (χ3n) is 7.90. The first-order chi connectivity index (χ1) is 19.4. The molecule has 210 valence electrons. The molecule has 3 aromatic heterocycles. The highest BCUT2D eigenvalue weighted by atomic mass is 19.1. The zero-order chi connectivity index (χ0) is 27.8. The zero-order valence-corrected chi connectivity index (χ0v) is 22.1. The van der Waals surface area contributed by atoms with Gasteiger partial charge in [-0.2, -0.15) is 9.61 Å². The number of rotatable bonds is 6. The Morgan fingerprint density at radius 3 is 2.62 bits per heavy atom. The molecular weight excluding hydrogens is 518 g/mol. The normalized spacial score (nSPS) is 23.8. The van der Waals surface area contributed by atoms with Crippen LogP contribution < -0.4 is 15.8 Å². The van der Waals surface area contributed by atoms with Crippen molar-refractivity contribution in [2.75, 3.05) is 18.5 Å². The average molecular weight is 551 g/mol. The van der Waals surface area contributed by atoms with Crippen molar-refractivity contribution < 1.29 is 23.4 Å². The Balaban J connectivity index is 1.29. The van der Waals surface area contributed by atoms with Crippen molar-refractivity contribution in [2.24, 2.45) is 11.7 Å². The van der Waals surface area contributed by atoms with Gasteiger partial charge in [0.1, 0.15) is 23.5 Å². The molecule has 40 heavy (non-hydrogen) atoms. The summed E-state index contributed by atoms with van der Waals surface area (Å²) in [6, 6.07) is 7.28. The van der Waals surface area contributed by atoms with Gasteiger partial charge in [-0.3, -0.25) is 4.98 Å². The number of ether oxygens (including phenoxy) is 2. The first-order valence-corrected chi connectivity index (χ1v) is 13.6. The summed E-state index contributed by atoms with van der Waals surface area (Å²) >= 11 is 0. The Morgan fingerprint density at radius 2 is 1.88 bits per heavy atom. The Labute approximate surface area is 230 Å². The van der Waals surface area contributed by atoms with Crippen LogP contribution in [0.4, 0.5) is 20.4 Å². The van der Waals surface area contributed by atoms with E-state index in [9.17, 15) is 5.11 Å². The van der Waals surface area contributed by atoms with E-state index in [2.05, 4.69) is 20.4 Å². The average Bonchev–Trinajstić information content (AvgIpc) is 3.34. The summed E-state index contributed by atoms with van der Waals surface area (Å²) in [7, 11) is 0. The largest absolute Gasteiger partial charge is 0.490 e. The highest BCUT2D eigenvalue weighted by Gasteiger charge is 2.34. The van der Waals surface area contributed by atoms with Gasteiger partial charge in [-0.25, -0.2) is 13.8 Å². The van der Waals surface area contributed by atoms with Gasteiger partial charge < -0.3 is 25.6 Å². The molecule has 0 bridgehead atoms. The number of nitrogens with one attached hydrogen (secondary N) is 1. The van der Waals surface area contributed by atoms with Crippen molar-refractivity contribution in [1.29, 1.82) is 0 Å². The maximum atomic E-state index is 15.2. The van der Waals surface area contributed by atoms with Gasteiger partial charge in [0.2, 0.25) is 5.95 Å². The van der Waals surface area contributed by atoms with Crippen LogP contribution in [-0.2, 0) is 4.74 Å². The highest BCUT2D eigenvalue weighted by molar-refractivity contribution is 5.66. The van der Waals surface area contributed by atoms with Crippen molar-refractivity contribution in [2.45, 2.75) is 56.8 Å². The number of hydrogen-bond acceptors (Lipinski definition) is 8. The van der Waals surface area contributed by atoms with E-state index < -0.39 is 17.7 Å². The summed E-state index contributed by atoms with van der Waals surface area (Å²) in [5, 5.41) is 18.1. The number of hydrogen-bond donors (Lipinski definition) is 3. The molecule has 11 heteroatoms. The standard InChI is InChI=1S/C29H32F2N6O3/c1-16-10-17(11-24(32)28(16)38)21-4-7-33-15-26(21)35-29-34-14-18-2-3-25(36-37(18)29)27-22(30)12-20(13-23(27)31)40-19-5-8-39-9-6-19/h2-4,7,12-17,19,24,28,38H,5-6,8-11,32H2,1H3,(H,34,35). The summed E-state index contributed by atoms with van der Waals surface area (Å²) in [4.78, 5) is 8.73. The summed E-state index contributed by atoms with van der Waals surface area (Å²) in [5.74, 6) is -0.820. The van der Waals surface area contributed by atoms with E-state index in [1.807, 2.05) is 13.0 Å². The number of imidazole rings is 1. The lowest BCUT2D eigenvalue weighted by Gasteiger charge is -2.36. The summed E-state index contributed by atoms with van der Waals surface area (Å²) in [5.41, 5.74) is 8.48.